The van der Waals surface area contributed by atoms with Gasteiger partial charge in [-0.1, -0.05) is 29.8 Å². The molecule has 0 aromatic heterocycles. The Labute approximate surface area is 60.6 Å². The lowest BCUT2D eigenvalue weighted by atomic mass is 10.1. The molecule has 1 aromatic carbocycles. The van der Waals surface area contributed by atoms with Gasteiger partial charge in [0.05, 0.1) is 6.61 Å². The van der Waals surface area contributed by atoms with Crippen LogP contribution < -0.4 is 5.90 Å². The molecule has 2 nitrogen and oxygen atoms in total. The Balaban J connectivity index is 2.75. The van der Waals surface area contributed by atoms with Gasteiger partial charge in [0.15, 0.2) is 0 Å². The highest BCUT2D eigenvalue weighted by molar-refractivity contribution is 5.21. The SMILES string of the molecule is Cc1cccc(CON)c1. The quantitative estimate of drug-likeness (QED) is 0.625. The van der Waals surface area contributed by atoms with Crippen LogP contribution in [0.25, 0.3) is 0 Å². The van der Waals surface area contributed by atoms with Gasteiger partial charge >= 0.3 is 0 Å². The summed E-state index contributed by atoms with van der Waals surface area (Å²) in [5.41, 5.74) is 2.34. The molecular weight excluding hydrogens is 126 g/mol. The topological polar surface area (TPSA) is 35.2 Å². The Morgan fingerprint density at radius 2 is 2.30 bits per heavy atom. The lowest BCUT2D eigenvalue weighted by Gasteiger charge is -1.98. The van der Waals surface area contributed by atoms with Gasteiger partial charge in [-0.15, -0.1) is 0 Å². The van der Waals surface area contributed by atoms with Crippen molar-refractivity contribution in [1.82, 2.24) is 0 Å². The lowest BCUT2D eigenvalue weighted by Crippen LogP contribution is -1.98. The van der Waals surface area contributed by atoms with Gasteiger partial charge < -0.3 is 0 Å². The molecule has 10 heavy (non-hydrogen) atoms. The summed E-state index contributed by atoms with van der Waals surface area (Å²) in [6.45, 7) is 2.53. The number of nitrogens with two attached hydrogens (primary N) is 1. The van der Waals surface area contributed by atoms with Crippen molar-refractivity contribution >= 4 is 0 Å². The van der Waals surface area contributed by atoms with Gasteiger partial charge in [0.2, 0.25) is 0 Å². The first-order valence-corrected chi connectivity index (χ1v) is 3.20. The number of aryl methyl sites for hydroxylation is 1. The molecule has 0 bridgehead atoms. The van der Waals surface area contributed by atoms with Gasteiger partial charge in [-0.05, 0) is 12.5 Å². The van der Waals surface area contributed by atoms with Crippen LogP contribution in [-0.2, 0) is 11.4 Å². The van der Waals surface area contributed by atoms with Crippen LogP contribution in [0.4, 0.5) is 0 Å². The Bertz CT molecular complexity index is 210. The van der Waals surface area contributed by atoms with Crippen molar-refractivity contribution in [3.05, 3.63) is 35.4 Å². The van der Waals surface area contributed by atoms with Crippen molar-refractivity contribution in [2.45, 2.75) is 13.5 Å². The summed E-state index contributed by atoms with van der Waals surface area (Å²) >= 11 is 0. The molecule has 0 saturated carbocycles. The van der Waals surface area contributed by atoms with Crippen LogP contribution in [0.15, 0.2) is 24.3 Å². The predicted molar refractivity (Wildman–Crippen MR) is 40.2 cm³/mol. The first kappa shape index (κ1) is 7.25. The molecule has 0 radical (unpaired) electrons. The minimum atomic E-state index is 0.488. The zero-order valence-electron chi connectivity index (χ0n) is 6.00. The standard InChI is InChI=1S/C8H11NO/c1-7-3-2-4-8(5-7)6-10-9/h2-5H,6,9H2,1H3. The van der Waals surface area contributed by atoms with E-state index in [9.17, 15) is 0 Å². The second-order valence-corrected chi connectivity index (χ2v) is 2.30. The summed E-state index contributed by atoms with van der Waals surface area (Å²) in [5, 5.41) is 0. The average Bonchev–Trinajstić information content (AvgIpc) is 1.88. The van der Waals surface area contributed by atoms with E-state index in [1.165, 1.54) is 5.56 Å². The van der Waals surface area contributed by atoms with E-state index in [1.807, 2.05) is 31.2 Å². The maximum Gasteiger partial charge on any atom is 0.0930 e. The van der Waals surface area contributed by atoms with E-state index >= 15 is 0 Å². The summed E-state index contributed by atoms with van der Waals surface area (Å²) < 4.78 is 0. The van der Waals surface area contributed by atoms with E-state index in [-0.39, 0.29) is 0 Å². The molecule has 0 unspecified atom stereocenters. The van der Waals surface area contributed by atoms with Crippen LogP contribution in [0.3, 0.4) is 0 Å². The van der Waals surface area contributed by atoms with E-state index in [1.54, 1.807) is 0 Å². The number of hydrogen-bond acceptors (Lipinski definition) is 2. The number of benzene rings is 1. The Kier molecular flexibility index (Phi) is 2.42. The summed E-state index contributed by atoms with van der Waals surface area (Å²) in [7, 11) is 0. The fourth-order valence-corrected chi connectivity index (χ4v) is 0.898. The first-order valence-electron chi connectivity index (χ1n) is 3.20. The molecule has 0 spiro atoms. The molecule has 2 heteroatoms. The van der Waals surface area contributed by atoms with E-state index in [4.69, 9.17) is 5.90 Å². The molecule has 1 aromatic rings. The summed E-state index contributed by atoms with van der Waals surface area (Å²) in [6.07, 6.45) is 0. The molecule has 0 aliphatic rings. The molecular formula is C8H11NO. The van der Waals surface area contributed by atoms with Crippen LogP contribution in [0, 0.1) is 6.92 Å². The van der Waals surface area contributed by atoms with Gasteiger partial charge in [0, 0.05) is 0 Å². The van der Waals surface area contributed by atoms with Crippen molar-refractivity contribution in [1.29, 1.82) is 0 Å². The highest BCUT2D eigenvalue weighted by Crippen LogP contribution is 2.03. The molecule has 1 rings (SSSR count). The maximum atomic E-state index is 4.91. The van der Waals surface area contributed by atoms with Crippen molar-refractivity contribution in [3.8, 4) is 0 Å². The fraction of sp³-hybridized carbons (Fsp3) is 0.250. The summed E-state index contributed by atoms with van der Waals surface area (Å²) in [6, 6.07) is 8.07. The predicted octanol–water partition coefficient (Wildman–Crippen LogP) is 1.39. The van der Waals surface area contributed by atoms with Crippen molar-refractivity contribution in [2.75, 3.05) is 0 Å². The number of rotatable bonds is 2. The van der Waals surface area contributed by atoms with Crippen LogP contribution in [-0.4, -0.2) is 0 Å². The third-order valence-electron chi connectivity index (χ3n) is 1.33. The monoisotopic (exact) mass is 137 g/mol. The van der Waals surface area contributed by atoms with E-state index < -0.39 is 0 Å². The zero-order valence-corrected chi connectivity index (χ0v) is 6.00. The average molecular weight is 137 g/mol. The van der Waals surface area contributed by atoms with Gasteiger partial charge in [-0.25, -0.2) is 5.90 Å². The van der Waals surface area contributed by atoms with Crippen LogP contribution in [0.2, 0.25) is 0 Å². The van der Waals surface area contributed by atoms with Gasteiger partial charge in [0.1, 0.15) is 0 Å². The molecule has 0 aliphatic heterocycles. The van der Waals surface area contributed by atoms with E-state index in [2.05, 4.69) is 4.84 Å². The minimum absolute atomic E-state index is 0.488. The molecule has 0 saturated heterocycles. The first-order chi connectivity index (χ1) is 4.83. The summed E-state index contributed by atoms with van der Waals surface area (Å²) in [5.74, 6) is 4.91. The molecule has 0 aliphatic carbocycles. The number of hydrogen-bond donors (Lipinski definition) is 1. The Morgan fingerprint density at radius 3 is 2.90 bits per heavy atom. The Morgan fingerprint density at radius 1 is 1.50 bits per heavy atom. The van der Waals surface area contributed by atoms with E-state index in [0.717, 1.165) is 5.56 Å². The molecule has 2 N–H and O–H groups in total. The van der Waals surface area contributed by atoms with Crippen LogP contribution >= 0.6 is 0 Å². The van der Waals surface area contributed by atoms with Crippen LogP contribution in [0.1, 0.15) is 11.1 Å². The highest BCUT2D eigenvalue weighted by Gasteiger charge is 1.89. The van der Waals surface area contributed by atoms with Crippen LogP contribution in [0.5, 0.6) is 0 Å². The Hall–Kier alpha value is -0.860. The third-order valence-corrected chi connectivity index (χ3v) is 1.33. The fourth-order valence-electron chi connectivity index (χ4n) is 0.898. The zero-order chi connectivity index (χ0) is 7.40. The smallest absolute Gasteiger partial charge is 0.0930 e. The van der Waals surface area contributed by atoms with E-state index in [0.29, 0.717) is 6.61 Å². The molecule has 0 amide bonds. The van der Waals surface area contributed by atoms with Gasteiger partial charge in [-0.2, -0.15) is 0 Å². The minimum Gasteiger partial charge on any atom is -0.300 e. The van der Waals surface area contributed by atoms with Crippen molar-refractivity contribution in [2.24, 2.45) is 5.90 Å². The van der Waals surface area contributed by atoms with Gasteiger partial charge in [0.25, 0.3) is 0 Å². The highest BCUT2D eigenvalue weighted by atomic mass is 16.6. The largest absolute Gasteiger partial charge is 0.300 e. The maximum absolute atomic E-state index is 4.91. The molecule has 0 fully saturated rings. The lowest BCUT2D eigenvalue weighted by molar-refractivity contribution is 0.124. The summed E-state index contributed by atoms with van der Waals surface area (Å²) in [4.78, 5) is 4.48. The molecule has 0 heterocycles. The van der Waals surface area contributed by atoms with Crippen molar-refractivity contribution in [3.63, 3.8) is 0 Å². The van der Waals surface area contributed by atoms with Crippen molar-refractivity contribution < 1.29 is 4.84 Å². The third kappa shape index (κ3) is 1.83. The molecule has 0 atom stereocenters. The molecule has 54 valence electrons. The second kappa shape index (κ2) is 3.34. The second-order valence-electron chi connectivity index (χ2n) is 2.30. The normalized spacial score (nSPS) is 9.80. The van der Waals surface area contributed by atoms with Gasteiger partial charge in [-0.3, -0.25) is 4.84 Å².